The van der Waals surface area contributed by atoms with Gasteiger partial charge >= 0.3 is 0 Å². The molecular formula is C18H23N5O2S. The molecule has 1 aliphatic heterocycles. The van der Waals surface area contributed by atoms with Crippen molar-refractivity contribution < 1.29 is 9.53 Å². The quantitative estimate of drug-likeness (QED) is 0.571. The second kappa shape index (κ2) is 8.46. The second-order valence-corrected chi connectivity index (χ2v) is 7.23. The van der Waals surface area contributed by atoms with Gasteiger partial charge in [-0.2, -0.15) is 0 Å². The zero-order valence-corrected chi connectivity index (χ0v) is 15.9. The molecule has 0 spiro atoms. The van der Waals surface area contributed by atoms with Gasteiger partial charge in [0.05, 0.1) is 18.0 Å². The molecule has 1 saturated heterocycles. The number of thioether (sulfide) groups is 1. The number of hydrogen-bond acceptors (Lipinski definition) is 6. The van der Waals surface area contributed by atoms with Crippen LogP contribution in [0, 0.1) is 0 Å². The average molecular weight is 373 g/mol. The Morgan fingerprint density at radius 2 is 2.00 bits per heavy atom. The molecule has 0 aromatic carbocycles. The van der Waals surface area contributed by atoms with Crippen molar-refractivity contribution in [2.24, 2.45) is 0 Å². The Morgan fingerprint density at radius 3 is 2.65 bits per heavy atom. The summed E-state index contributed by atoms with van der Waals surface area (Å²) in [6.07, 6.45) is 5.37. The molecule has 1 aliphatic rings. The predicted octanol–water partition coefficient (Wildman–Crippen LogP) is 2.25. The molecule has 1 fully saturated rings. The highest BCUT2D eigenvalue weighted by Gasteiger charge is 2.26. The molecule has 7 nitrogen and oxygen atoms in total. The molecule has 2 aromatic heterocycles. The highest BCUT2D eigenvalue weighted by atomic mass is 32.2. The van der Waals surface area contributed by atoms with Crippen LogP contribution in [0.5, 0.6) is 0 Å². The van der Waals surface area contributed by atoms with Gasteiger partial charge in [0.25, 0.3) is 0 Å². The molecule has 0 bridgehead atoms. The summed E-state index contributed by atoms with van der Waals surface area (Å²) >= 11 is 1.40. The summed E-state index contributed by atoms with van der Waals surface area (Å²) in [5.74, 6) is 1.16. The van der Waals surface area contributed by atoms with Crippen LogP contribution in [-0.2, 0) is 16.1 Å². The molecule has 3 heterocycles. The third-order valence-corrected chi connectivity index (χ3v) is 5.02. The van der Waals surface area contributed by atoms with Gasteiger partial charge in [-0.3, -0.25) is 14.3 Å². The normalized spacial score (nSPS) is 20.2. The van der Waals surface area contributed by atoms with E-state index in [4.69, 9.17) is 4.74 Å². The van der Waals surface area contributed by atoms with Crippen molar-refractivity contribution in [2.75, 3.05) is 18.8 Å². The number of rotatable bonds is 6. The van der Waals surface area contributed by atoms with Gasteiger partial charge in [-0.15, -0.1) is 16.8 Å². The Labute approximate surface area is 157 Å². The Bertz CT molecular complexity index is 754. The number of ether oxygens (including phenoxy) is 1. The number of nitrogens with zero attached hydrogens (tertiary/aromatic N) is 5. The van der Waals surface area contributed by atoms with Crippen molar-refractivity contribution >= 4 is 17.7 Å². The Balaban J connectivity index is 1.71. The minimum atomic E-state index is 0.0652. The molecule has 2 aromatic rings. The van der Waals surface area contributed by atoms with Crippen LogP contribution in [0.4, 0.5) is 0 Å². The minimum Gasteiger partial charge on any atom is -0.372 e. The van der Waals surface area contributed by atoms with Crippen LogP contribution >= 0.6 is 11.8 Å². The molecule has 3 rings (SSSR count). The molecule has 2 atom stereocenters. The molecule has 26 heavy (non-hydrogen) atoms. The maximum Gasteiger partial charge on any atom is 0.233 e. The third kappa shape index (κ3) is 4.31. The van der Waals surface area contributed by atoms with Crippen LogP contribution in [0.2, 0.25) is 0 Å². The van der Waals surface area contributed by atoms with Crippen LogP contribution in [0.3, 0.4) is 0 Å². The lowest BCUT2D eigenvalue weighted by Crippen LogP contribution is -2.48. The summed E-state index contributed by atoms with van der Waals surface area (Å²) in [6, 6.07) is 3.78. The Hall–Kier alpha value is -2.19. The van der Waals surface area contributed by atoms with Gasteiger partial charge in [0, 0.05) is 37.6 Å². The van der Waals surface area contributed by atoms with Gasteiger partial charge in [0.15, 0.2) is 11.0 Å². The largest absolute Gasteiger partial charge is 0.372 e. The number of carbonyl (C=O) groups is 1. The van der Waals surface area contributed by atoms with Crippen molar-refractivity contribution in [2.45, 2.75) is 37.8 Å². The minimum absolute atomic E-state index is 0.0652. The maximum atomic E-state index is 12.6. The first-order chi connectivity index (χ1) is 12.6. The molecule has 0 radical (unpaired) electrons. The van der Waals surface area contributed by atoms with E-state index >= 15 is 0 Å². The summed E-state index contributed by atoms with van der Waals surface area (Å²) in [6.45, 7) is 9.63. The van der Waals surface area contributed by atoms with E-state index in [0.29, 0.717) is 30.5 Å². The van der Waals surface area contributed by atoms with Crippen LogP contribution in [-0.4, -0.2) is 61.6 Å². The number of hydrogen-bond donors (Lipinski definition) is 0. The summed E-state index contributed by atoms with van der Waals surface area (Å²) in [7, 11) is 0. The van der Waals surface area contributed by atoms with E-state index in [1.54, 1.807) is 18.5 Å². The number of aromatic nitrogens is 4. The first kappa shape index (κ1) is 18.6. The van der Waals surface area contributed by atoms with Crippen molar-refractivity contribution in [3.8, 4) is 11.4 Å². The second-order valence-electron chi connectivity index (χ2n) is 6.29. The van der Waals surface area contributed by atoms with Gasteiger partial charge in [-0.05, 0) is 26.0 Å². The van der Waals surface area contributed by atoms with Crippen LogP contribution in [0.25, 0.3) is 11.4 Å². The molecule has 0 saturated carbocycles. The van der Waals surface area contributed by atoms with E-state index in [1.165, 1.54) is 11.8 Å². The van der Waals surface area contributed by atoms with Crippen LogP contribution in [0.1, 0.15) is 13.8 Å². The molecule has 1 amide bonds. The predicted molar refractivity (Wildman–Crippen MR) is 101 cm³/mol. The lowest BCUT2D eigenvalue weighted by molar-refractivity contribution is -0.140. The van der Waals surface area contributed by atoms with Gasteiger partial charge < -0.3 is 9.64 Å². The average Bonchev–Trinajstić information content (AvgIpc) is 3.02. The molecular weight excluding hydrogens is 350 g/mol. The highest BCUT2D eigenvalue weighted by molar-refractivity contribution is 7.99. The Morgan fingerprint density at radius 1 is 1.31 bits per heavy atom. The van der Waals surface area contributed by atoms with E-state index in [1.807, 2.05) is 35.4 Å². The molecule has 0 unspecified atom stereocenters. The van der Waals surface area contributed by atoms with E-state index in [-0.39, 0.29) is 18.1 Å². The van der Waals surface area contributed by atoms with Gasteiger partial charge in [0.2, 0.25) is 5.91 Å². The van der Waals surface area contributed by atoms with E-state index in [0.717, 1.165) is 11.4 Å². The van der Waals surface area contributed by atoms with E-state index in [9.17, 15) is 4.79 Å². The van der Waals surface area contributed by atoms with Crippen molar-refractivity contribution in [1.82, 2.24) is 24.6 Å². The van der Waals surface area contributed by atoms with Gasteiger partial charge in [-0.1, -0.05) is 17.8 Å². The van der Waals surface area contributed by atoms with Gasteiger partial charge in [0.1, 0.15) is 0 Å². The van der Waals surface area contributed by atoms with Gasteiger partial charge in [-0.25, -0.2) is 0 Å². The lowest BCUT2D eigenvalue weighted by Gasteiger charge is -2.35. The van der Waals surface area contributed by atoms with Crippen molar-refractivity contribution in [3.63, 3.8) is 0 Å². The molecule has 0 N–H and O–H groups in total. The summed E-state index contributed by atoms with van der Waals surface area (Å²) < 4.78 is 7.65. The zero-order chi connectivity index (χ0) is 18.5. The molecule has 8 heteroatoms. The fourth-order valence-corrected chi connectivity index (χ4v) is 3.85. The first-order valence-corrected chi connectivity index (χ1v) is 9.57. The van der Waals surface area contributed by atoms with E-state index < -0.39 is 0 Å². The standard InChI is InChI=1S/C18H23N5O2S/c1-4-9-23-17(15-5-7-19-8-6-15)20-21-18(23)26-12-16(24)22-10-13(2)25-14(3)11-22/h4-8,13-14H,1,9-12H2,2-3H3/t13-,14-/m1/s1. The fourth-order valence-electron chi connectivity index (χ4n) is 3.00. The SMILES string of the molecule is C=CCn1c(SCC(=O)N2C[C@@H](C)O[C@H](C)C2)nnc1-c1ccncc1. The van der Waals surface area contributed by atoms with Crippen LogP contribution < -0.4 is 0 Å². The number of carbonyl (C=O) groups excluding carboxylic acids is 1. The summed E-state index contributed by atoms with van der Waals surface area (Å²) in [5.41, 5.74) is 0.934. The monoisotopic (exact) mass is 373 g/mol. The highest BCUT2D eigenvalue weighted by Crippen LogP contribution is 2.24. The lowest BCUT2D eigenvalue weighted by atomic mass is 10.2. The first-order valence-electron chi connectivity index (χ1n) is 8.59. The third-order valence-electron chi connectivity index (χ3n) is 4.06. The summed E-state index contributed by atoms with van der Waals surface area (Å²) in [5, 5.41) is 9.27. The number of allylic oxidation sites excluding steroid dienone is 1. The molecule has 0 aliphatic carbocycles. The Kier molecular flexibility index (Phi) is 6.05. The molecule has 138 valence electrons. The van der Waals surface area contributed by atoms with Crippen molar-refractivity contribution in [1.29, 1.82) is 0 Å². The number of morpholine rings is 1. The number of pyridine rings is 1. The van der Waals surface area contributed by atoms with E-state index in [2.05, 4.69) is 21.8 Å². The smallest absolute Gasteiger partial charge is 0.233 e. The number of amides is 1. The zero-order valence-electron chi connectivity index (χ0n) is 15.0. The maximum absolute atomic E-state index is 12.6. The topological polar surface area (TPSA) is 73.1 Å². The van der Waals surface area contributed by atoms with Crippen LogP contribution in [0.15, 0.2) is 42.3 Å². The van der Waals surface area contributed by atoms with Crippen molar-refractivity contribution in [3.05, 3.63) is 37.2 Å². The fraction of sp³-hybridized carbons (Fsp3) is 0.444. The summed E-state index contributed by atoms with van der Waals surface area (Å²) in [4.78, 5) is 18.5.